The van der Waals surface area contributed by atoms with Gasteiger partial charge >= 0.3 is 5.97 Å². The summed E-state index contributed by atoms with van der Waals surface area (Å²) in [7, 11) is 0. The molecule has 1 aromatic rings. The number of para-hydroxylation sites is 1. The minimum absolute atomic E-state index is 0.172. The fourth-order valence-electron chi connectivity index (χ4n) is 1.31. The normalized spacial score (nSPS) is 10.1. The van der Waals surface area contributed by atoms with Gasteiger partial charge < -0.3 is 9.94 Å². The second kappa shape index (κ2) is 6.85. The number of hydrogen-bond donors (Lipinski definition) is 2. The number of nitrogens with one attached hydrogen (secondary N) is 1. The van der Waals surface area contributed by atoms with E-state index in [0.717, 1.165) is 25.8 Å². The molecule has 0 aliphatic heterocycles. The Kier molecular flexibility index (Phi) is 5.36. The van der Waals surface area contributed by atoms with E-state index >= 15 is 0 Å². The number of benzene rings is 1. The van der Waals surface area contributed by atoms with Crippen LogP contribution in [-0.4, -0.2) is 17.6 Å². The average molecular weight is 223 g/mol. The van der Waals surface area contributed by atoms with Crippen molar-refractivity contribution in [1.29, 1.82) is 0 Å². The van der Waals surface area contributed by atoms with Crippen LogP contribution in [0.15, 0.2) is 24.3 Å². The molecule has 0 bridgehead atoms. The maximum atomic E-state index is 10.8. The molecule has 0 aliphatic carbocycles. The smallest absolute Gasteiger partial charge is 0.339 e. The van der Waals surface area contributed by atoms with Crippen molar-refractivity contribution in [3.63, 3.8) is 0 Å². The van der Waals surface area contributed by atoms with Crippen molar-refractivity contribution < 1.29 is 14.7 Å². The third-order valence-corrected chi connectivity index (χ3v) is 2.18. The topological polar surface area (TPSA) is 58.6 Å². The molecule has 0 amide bonds. The molecule has 0 aliphatic rings. The van der Waals surface area contributed by atoms with E-state index in [4.69, 9.17) is 9.94 Å². The van der Waals surface area contributed by atoms with E-state index < -0.39 is 5.97 Å². The number of carboxylic acid groups (broad SMARTS) is 1. The minimum atomic E-state index is -0.981. The highest BCUT2D eigenvalue weighted by molar-refractivity contribution is 5.90. The SMILES string of the molecule is CCCCCNOc1ccccc1C(=O)O. The van der Waals surface area contributed by atoms with Gasteiger partial charge in [-0.1, -0.05) is 31.9 Å². The van der Waals surface area contributed by atoms with Crippen molar-refractivity contribution in [2.75, 3.05) is 6.54 Å². The standard InChI is InChI=1S/C12H17NO3/c1-2-3-6-9-13-16-11-8-5-4-7-10(11)12(14)15/h4-5,7-8,13H,2-3,6,9H2,1H3,(H,14,15). The molecule has 4 nitrogen and oxygen atoms in total. The Bertz CT molecular complexity index is 339. The van der Waals surface area contributed by atoms with Gasteiger partial charge in [0.15, 0.2) is 5.75 Å². The van der Waals surface area contributed by atoms with E-state index in [1.165, 1.54) is 6.07 Å². The maximum Gasteiger partial charge on any atom is 0.339 e. The predicted octanol–water partition coefficient (Wildman–Crippen LogP) is 2.46. The zero-order chi connectivity index (χ0) is 11.8. The molecule has 1 rings (SSSR count). The Morgan fingerprint density at radius 2 is 2.12 bits per heavy atom. The molecule has 0 saturated carbocycles. The van der Waals surface area contributed by atoms with Crippen molar-refractivity contribution in [3.8, 4) is 5.75 Å². The van der Waals surface area contributed by atoms with Crippen LogP contribution in [0.5, 0.6) is 5.75 Å². The van der Waals surface area contributed by atoms with Gasteiger partial charge in [0.05, 0.1) is 0 Å². The van der Waals surface area contributed by atoms with Gasteiger partial charge in [-0.05, 0) is 18.6 Å². The van der Waals surface area contributed by atoms with Crippen LogP contribution in [0.25, 0.3) is 0 Å². The summed E-state index contributed by atoms with van der Waals surface area (Å²) in [6.07, 6.45) is 3.30. The van der Waals surface area contributed by atoms with Crippen LogP contribution >= 0.6 is 0 Å². The van der Waals surface area contributed by atoms with Crippen LogP contribution in [0.2, 0.25) is 0 Å². The second-order valence-electron chi connectivity index (χ2n) is 3.50. The van der Waals surface area contributed by atoms with Crippen molar-refractivity contribution >= 4 is 5.97 Å². The number of rotatable bonds is 7. The first-order valence-electron chi connectivity index (χ1n) is 5.47. The molecule has 0 atom stereocenters. The van der Waals surface area contributed by atoms with Crippen LogP contribution in [-0.2, 0) is 0 Å². The lowest BCUT2D eigenvalue weighted by Gasteiger charge is -2.08. The van der Waals surface area contributed by atoms with Gasteiger partial charge in [0.1, 0.15) is 5.56 Å². The fraction of sp³-hybridized carbons (Fsp3) is 0.417. The van der Waals surface area contributed by atoms with Gasteiger partial charge in [0, 0.05) is 6.54 Å². The summed E-state index contributed by atoms with van der Waals surface area (Å²) in [6.45, 7) is 2.85. The molecule has 16 heavy (non-hydrogen) atoms. The van der Waals surface area contributed by atoms with Gasteiger partial charge in [-0.25, -0.2) is 4.79 Å². The Labute approximate surface area is 95.2 Å². The average Bonchev–Trinajstić information content (AvgIpc) is 2.29. The number of hydroxylamine groups is 1. The van der Waals surface area contributed by atoms with Gasteiger partial charge in [-0.2, -0.15) is 5.48 Å². The summed E-state index contributed by atoms with van der Waals surface area (Å²) in [5.74, 6) is -0.627. The number of unbranched alkanes of at least 4 members (excludes halogenated alkanes) is 2. The molecule has 0 unspecified atom stereocenters. The summed E-state index contributed by atoms with van der Waals surface area (Å²) >= 11 is 0. The Morgan fingerprint density at radius 3 is 2.81 bits per heavy atom. The van der Waals surface area contributed by atoms with E-state index in [9.17, 15) is 4.79 Å². The summed E-state index contributed by atoms with van der Waals surface area (Å²) in [4.78, 5) is 16.1. The molecule has 0 radical (unpaired) electrons. The second-order valence-corrected chi connectivity index (χ2v) is 3.50. The van der Waals surface area contributed by atoms with Crippen LogP contribution in [0, 0.1) is 0 Å². The molecular formula is C12H17NO3. The first kappa shape index (κ1) is 12.5. The third-order valence-electron chi connectivity index (χ3n) is 2.18. The van der Waals surface area contributed by atoms with Crippen LogP contribution in [0.3, 0.4) is 0 Å². The van der Waals surface area contributed by atoms with E-state index in [2.05, 4.69) is 12.4 Å². The highest BCUT2D eigenvalue weighted by atomic mass is 16.6. The molecule has 0 aromatic heterocycles. The van der Waals surface area contributed by atoms with Crippen LogP contribution in [0.1, 0.15) is 36.5 Å². The fourth-order valence-corrected chi connectivity index (χ4v) is 1.31. The highest BCUT2D eigenvalue weighted by Gasteiger charge is 2.09. The number of aromatic carboxylic acids is 1. The largest absolute Gasteiger partial charge is 0.478 e. The van der Waals surface area contributed by atoms with E-state index in [1.807, 2.05) is 0 Å². The summed E-state index contributed by atoms with van der Waals surface area (Å²) in [5.41, 5.74) is 2.94. The van der Waals surface area contributed by atoms with E-state index in [1.54, 1.807) is 18.2 Å². The van der Waals surface area contributed by atoms with Crippen LogP contribution in [0.4, 0.5) is 0 Å². The lowest BCUT2D eigenvalue weighted by atomic mass is 10.2. The predicted molar refractivity (Wildman–Crippen MR) is 61.6 cm³/mol. The molecule has 1 aromatic carbocycles. The summed E-state index contributed by atoms with van der Waals surface area (Å²) in [5, 5.41) is 8.90. The first-order chi connectivity index (χ1) is 7.75. The Morgan fingerprint density at radius 1 is 1.38 bits per heavy atom. The van der Waals surface area contributed by atoms with Gasteiger partial charge in [0.2, 0.25) is 0 Å². The number of carboxylic acids is 1. The van der Waals surface area contributed by atoms with Crippen LogP contribution < -0.4 is 10.3 Å². The monoisotopic (exact) mass is 223 g/mol. The molecular weight excluding hydrogens is 206 g/mol. The lowest BCUT2D eigenvalue weighted by molar-refractivity contribution is 0.0687. The summed E-state index contributed by atoms with van der Waals surface area (Å²) in [6, 6.07) is 6.57. The van der Waals surface area contributed by atoms with Crippen molar-refractivity contribution in [3.05, 3.63) is 29.8 Å². The molecule has 0 fully saturated rings. The third kappa shape index (κ3) is 3.90. The van der Waals surface area contributed by atoms with Gasteiger partial charge in [-0.15, -0.1) is 0 Å². The first-order valence-corrected chi connectivity index (χ1v) is 5.47. The van der Waals surface area contributed by atoms with Crippen molar-refractivity contribution in [2.24, 2.45) is 0 Å². The molecule has 0 heterocycles. The Hall–Kier alpha value is -1.55. The van der Waals surface area contributed by atoms with Crippen molar-refractivity contribution in [1.82, 2.24) is 5.48 Å². The molecule has 2 N–H and O–H groups in total. The van der Waals surface area contributed by atoms with Crippen molar-refractivity contribution in [2.45, 2.75) is 26.2 Å². The maximum absolute atomic E-state index is 10.8. The van der Waals surface area contributed by atoms with E-state index in [0.29, 0.717) is 5.75 Å². The zero-order valence-corrected chi connectivity index (χ0v) is 9.40. The number of hydrogen-bond acceptors (Lipinski definition) is 3. The lowest BCUT2D eigenvalue weighted by Crippen LogP contribution is -2.21. The Balaban J connectivity index is 2.44. The molecule has 88 valence electrons. The number of carbonyl (C=O) groups is 1. The zero-order valence-electron chi connectivity index (χ0n) is 9.40. The minimum Gasteiger partial charge on any atom is -0.478 e. The van der Waals surface area contributed by atoms with E-state index in [-0.39, 0.29) is 5.56 Å². The highest BCUT2D eigenvalue weighted by Crippen LogP contribution is 2.16. The van der Waals surface area contributed by atoms with Gasteiger partial charge in [0.25, 0.3) is 0 Å². The molecule has 0 saturated heterocycles. The quantitative estimate of drug-likeness (QED) is 0.550. The molecule has 0 spiro atoms. The van der Waals surface area contributed by atoms with Gasteiger partial charge in [-0.3, -0.25) is 0 Å². The summed E-state index contributed by atoms with van der Waals surface area (Å²) < 4.78 is 0. The molecule has 4 heteroatoms.